The number of carbonyl (C=O) groups excluding carboxylic acids is 3. The minimum atomic E-state index is -0.688. The lowest BCUT2D eigenvalue weighted by Crippen LogP contribution is -2.63. The second kappa shape index (κ2) is 9.08. The highest BCUT2D eigenvalue weighted by Gasteiger charge is 2.56. The zero-order chi connectivity index (χ0) is 26.7. The van der Waals surface area contributed by atoms with Gasteiger partial charge in [0.25, 0.3) is 17.6 Å². The first-order valence-corrected chi connectivity index (χ1v) is 13.2. The summed E-state index contributed by atoms with van der Waals surface area (Å²) < 4.78 is 15.2. The van der Waals surface area contributed by atoms with E-state index in [-0.39, 0.29) is 41.2 Å². The van der Waals surface area contributed by atoms with Crippen LogP contribution in [0, 0.1) is 43.8 Å². The van der Waals surface area contributed by atoms with Crippen LogP contribution in [0.15, 0.2) is 18.2 Å². The monoisotopic (exact) mass is 509 g/mol. The molecule has 0 saturated heterocycles. The van der Waals surface area contributed by atoms with Crippen LogP contribution < -0.4 is 10.6 Å². The first-order valence-electron chi connectivity index (χ1n) is 13.2. The van der Waals surface area contributed by atoms with E-state index in [0.717, 1.165) is 19.3 Å². The van der Waals surface area contributed by atoms with Crippen LogP contribution in [0.4, 0.5) is 10.1 Å². The summed E-state index contributed by atoms with van der Waals surface area (Å²) >= 11 is 0. The van der Waals surface area contributed by atoms with Gasteiger partial charge in [-0.25, -0.2) is 4.39 Å². The number of hydrogen-bond acceptors (Lipinski definition) is 4. The predicted molar refractivity (Wildman–Crippen MR) is 138 cm³/mol. The van der Waals surface area contributed by atoms with Gasteiger partial charge in [-0.3, -0.25) is 14.4 Å². The number of nitrogens with zero attached hydrogens (tertiary/aromatic N) is 1. The van der Waals surface area contributed by atoms with Crippen LogP contribution in [-0.4, -0.2) is 39.4 Å². The van der Waals surface area contributed by atoms with Gasteiger partial charge in [0.05, 0.1) is 17.9 Å². The number of rotatable bonds is 7. The number of anilines is 1. The van der Waals surface area contributed by atoms with E-state index >= 15 is 0 Å². The topological polar surface area (TPSA) is 100 Å². The molecule has 198 valence electrons. The molecule has 4 fully saturated rings. The highest BCUT2D eigenvalue weighted by Crippen LogP contribution is 2.61. The zero-order valence-electron chi connectivity index (χ0n) is 22.0. The van der Waals surface area contributed by atoms with Crippen LogP contribution in [-0.2, 0) is 11.3 Å². The summed E-state index contributed by atoms with van der Waals surface area (Å²) in [5.41, 5.74) is 1.97. The lowest BCUT2D eigenvalue weighted by Gasteiger charge is -2.61. The smallest absolute Gasteiger partial charge is 0.294 e. The maximum atomic E-state index is 13.7. The van der Waals surface area contributed by atoms with Gasteiger partial charge in [0.1, 0.15) is 5.82 Å². The molecule has 4 aliphatic rings. The van der Waals surface area contributed by atoms with Gasteiger partial charge in [-0.1, -0.05) is 6.92 Å². The molecule has 8 heteroatoms. The molecule has 0 aliphatic heterocycles. The Morgan fingerprint density at radius 3 is 2.38 bits per heavy atom. The van der Waals surface area contributed by atoms with Crippen molar-refractivity contribution in [3.63, 3.8) is 0 Å². The Morgan fingerprint density at radius 2 is 1.78 bits per heavy atom. The average molecular weight is 510 g/mol. The Balaban J connectivity index is 1.42. The third kappa shape index (κ3) is 4.49. The fourth-order valence-electron chi connectivity index (χ4n) is 8.09. The summed E-state index contributed by atoms with van der Waals surface area (Å²) in [6.45, 7) is 7.09. The first-order chi connectivity index (χ1) is 17.4. The number of aryl methyl sites for hydroxylation is 1. The molecule has 4 bridgehead atoms. The molecule has 3 N–H and O–H groups in total. The SMILES string of the molecule is Cc1cc(NC(=O)c2c(C)c(C(=O)C(=O)NC34CC5CC(CC(C)(C5)C3)C4)n(CCO)c2C)ccc1F. The lowest BCUT2D eigenvalue weighted by atomic mass is 9.47. The second-order valence-corrected chi connectivity index (χ2v) is 12.1. The fraction of sp³-hybridized carbons (Fsp3) is 0.552. The molecule has 1 aromatic carbocycles. The van der Waals surface area contributed by atoms with Gasteiger partial charge in [0, 0.05) is 23.5 Å². The molecular formula is C29H36FN3O4. The summed E-state index contributed by atoms with van der Waals surface area (Å²) in [6.07, 6.45) is 6.33. The predicted octanol–water partition coefficient (Wildman–Crippen LogP) is 4.45. The number of amides is 2. The van der Waals surface area contributed by atoms with Gasteiger partial charge in [0.15, 0.2) is 0 Å². The van der Waals surface area contributed by atoms with Crippen molar-refractivity contribution in [2.45, 2.75) is 78.3 Å². The number of nitrogens with one attached hydrogen (secondary N) is 2. The third-order valence-corrected chi connectivity index (χ3v) is 8.89. The van der Waals surface area contributed by atoms with E-state index in [2.05, 4.69) is 17.6 Å². The van der Waals surface area contributed by atoms with Crippen molar-refractivity contribution < 1.29 is 23.9 Å². The minimum Gasteiger partial charge on any atom is -0.395 e. The molecule has 2 unspecified atom stereocenters. The Bertz CT molecular complexity index is 1280. The van der Waals surface area contributed by atoms with Crippen molar-refractivity contribution in [2.24, 2.45) is 17.3 Å². The van der Waals surface area contributed by atoms with Crippen LogP contribution in [0.25, 0.3) is 0 Å². The van der Waals surface area contributed by atoms with E-state index < -0.39 is 17.6 Å². The molecule has 7 nitrogen and oxygen atoms in total. The summed E-state index contributed by atoms with van der Waals surface area (Å²) in [5, 5.41) is 15.6. The molecular weight excluding hydrogens is 473 g/mol. The Morgan fingerprint density at radius 1 is 1.11 bits per heavy atom. The summed E-state index contributed by atoms with van der Waals surface area (Å²) in [4.78, 5) is 40.3. The van der Waals surface area contributed by atoms with Crippen molar-refractivity contribution in [2.75, 3.05) is 11.9 Å². The van der Waals surface area contributed by atoms with E-state index in [4.69, 9.17) is 0 Å². The highest BCUT2D eigenvalue weighted by atomic mass is 19.1. The standard InChI is InChI=1S/C29H36FN3O4/c1-16-9-21(5-6-22(16)30)31-26(36)23-17(2)24(33(7-8-34)18(23)3)25(35)27(37)32-29-13-19-10-20(14-29)12-28(4,11-19)15-29/h5-6,9,19-20,34H,7-8,10-15H2,1-4H3,(H,31,36)(H,32,37). The number of Topliss-reactive ketones (excluding diaryl/α,β-unsaturated/α-hetero) is 1. The van der Waals surface area contributed by atoms with E-state index in [1.54, 1.807) is 25.3 Å². The Labute approximate surface area is 216 Å². The quantitative estimate of drug-likeness (QED) is 0.379. The zero-order valence-corrected chi connectivity index (χ0v) is 22.0. The van der Waals surface area contributed by atoms with Crippen LogP contribution in [0.2, 0.25) is 0 Å². The molecule has 4 aliphatic carbocycles. The molecule has 1 heterocycles. The number of benzene rings is 1. The molecule has 0 spiro atoms. The number of halogens is 1. The van der Waals surface area contributed by atoms with Crippen molar-refractivity contribution in [1.82, 2.24) is 9.88 Å². The summed E-state index contributed by atoms with van der Waals surface area (Å²) in [7, 11) is 0. The van der Waals surface area contributed by atoms with Crippen LogP contribution in [0.1, 0.15) is 83.1 Å². The molecule has 0 radical (unpaired) electrons. The summed E-state index contributed by atoms with van der Waals surface area (Å²) in [6, 6.07) is 4.29. The van der Waals surface area contributed by atoms with Gasteiger partial charge >= 0.3 is 0 Å². The van der Waals surface area contributed by atoms with E-state index in [0.29, 0.717) is 34.3 Å². The normalized spacial score (nSPS) is 27.8. The number of ketones is 1. The van der Waals surface area contributed by atoms with Crippen molar-refractivity contribution in [3.8, 4) is 0 Å². The Kier molecular flexibility index (Phi) is 6.29. The highest BCUT2D eigenvalue weighted by molar-refractivity contribution is 6.43. The maximum absolute atomic E-state index is 13.7. The Hall–Kier alpha value is -3.00. The minimum absolute atomic E-state index is 0.0807. The average Bonchev–Trinajstić information content (AvgIpc) is 3.03. The first kappa shape index (κ1) is 25.6. The van der Waals surface area contributed by atoms with Crippen molar-refractivity contribution in [3.05, 3.63) is 52.1 Å². The van der Waals surface area contributed by atoms with Gasteiger partial charge < -0.3 is 20.3 Å². The maximum Gasteiger partial charge on any atom is 0.294 e. The van der Waals surface area contributed by atoms with E-state index in [1.165, 1.54) is 37.5 Å². The molecule has 1 aromatic heterocycles. The molecule has 2 amide bonds. The van der Waals surface area contributed by atoms with Crippen LogP contribution >= 0.6 is 0 Å². The van der Waals surface area contributed by atoms with Crippen molar-refractivity contribution in [1.29, 1.82) is 0 Å². The summed E-state index contributed by atoms with van der Waals surface area (Å²) in [5.74, 6) is -0.978. The molecule has 2 aromatic rings. The fourth-order valence-corrected chi connectivity index (χ4v) is 8.09. The molecule has 6 rings (SSSR count). The number of aromatic nitrogens is 1. The van der Waals surface area contributed by atoms with Gasteiger partial charge in [0.2, 0.25) is 0 Å². The number of hydrogen-bond donors (Lipinski definition) is 3. The second-order valence-electron chi connectivity index (χ2n) is 12.1. The molecule has 4 saturated carbocycles. The number of carbonyl (C=O) groups is 3. The van der Waals surface area contributed by atoms with E-state index in [1.807, 2.05) is 0 Å². The number of aliphatic hydroxyl groups excluding tert-OH is 1. The van der Waals surface area contributed by atoms with Gasteiger partial charge in [-0.05, 0) is 106 Å². The van der Waals surface area contributed by atoms with Gasteiger partial charge in [-0.15, -0.1) is 0 Å². The largest absolute Gasteiger partial charge is 0.395 e. The van der Waals surface area contributed by atoms with Crippen molar-refractivity contribution >= 4 is 23.3 Å². The van der Waals surface area contributed by atoms with Crippen LogP contribution in [0.3, 0.4) is 0 Å². The molecule has 2 atom stereocenters. The lowest BCUT2D eigenvalue weighted by molar-refractivity contribution is -0.126. The third-order valence-electron chi connectivity index (χ3n) is 8.89. The van der Waals surface area contributed by atoms with E-state index in [9.17, 15) is 23.9 Å². The molecule has 37 heavy (non-hydrogen) atoms. The van der Waals surface area contributed by atoms with Gasteiger partial charge in [-0.2, -0.15) is 0 Å². The number of aliphatic hydroxyl groups is 1. The van der Waals surface area contributed by atoms with Crippen LogP contribution in [0.5, 0.6) is 0 Å².